The highest BCUT2D eigenvalue weighted by Crippen LogP contribution is 2.39. The van der Waals surface area contributed by atoms with Gasteiger partial charge in [-0.05, 0) is 52.0 Å². The van der Waals surface area contributed by atoms with Gasteiger partial charge in [-0.1, -0.05) is 11.6 Å². The minimum atomic E-state index is -0.373. The monoisotopic (exact) mass is 410 g/mol. The van der Waals surface area contributed by atoms with E-state index >= 15 is 0 Å². The minimum Gasteiger partial charge on any atom is -0.490 e. The number of hydrogen-bond donors (Lipinski definition) is 1. The van der Waals surface area contributed by atoms with Crippen molar-refractivity contribution in [2.45, 2.75) is 27.7 Å². The number of halogens is 1. The standard InChI is InChI=1S/C19H23ClN2O4S/c1-5-24-14-10-13(11-15(25-6-2)18(14)26-7-3)19(23)22-21-12(4)16-8-9-17(20)27-16/h8-11H,5-7H2,1-4H3,(H,22,23). The predicted molar refractivity (Wildman–Crippen MR) is 109 cm³/mol. The summed E-state index contributed by atoms with van der Waals surface area (Å²) in [5.41, 5.74) is 3.59. The van der Waals surface area contributed by atoms with Gasteiger partial charge in [-0.25, -0.2) is 5.43 Å². The summed E-state index contributed by atoms with van der Waals surface area (Å²) in [5.74, 6) is 1.04. The van der Waals surface area contributed by atoms with Crippen LogP contribution in [0.15, 0.2) is 29.4 Å². The van der Waals surface area contributed by atoms with E-state index in [1.54, 1.807) is 25.1 Å². The fraction of sp³-hybridized carbons (Fsp3) is 0.368. The lowest BCUT2D eigenvalue weighted by atomic mass is 10.1. The molecule has 146 valence electrons. The number of benzene rings is 1. The second-order valence-corrected chi connectivity index (χ2v) is 7.06. The van der Waals surface area contributed by atoms with E-state index in [1.807, 2.05) is 26.8 Å². The average Bonchev–Trinajstić information content (AvgIpc) is 3.08. The Bertz CT molecular complexity index is 793. The summed E-state index contributed by atoms with van der Waals surface area (Å²) in [5, 5.41) is 4.15. The molecule has 2 rings (SSSR count). The zero-order valence-electron chi connectivity index (χ0n) is 15.8. The fourth-order valence-corrected chi connectivity index (χ4v) is 3.27. The molecule has 1 heterocycles. The quantitative estimate of drug-likeness (QED) is 0.478. The second-order valence-electron chi connectivity index (χ2n) is 5.34. The first-order chi connectivity index (χ1) is 13.0. The molecule has 8 heteroatoms. The van der Waals surface area contributed by atoms with Gasteiger partial charge in [0.1, 0.15) is 0 Å². The summed E-state index contributed by atoms with van der Waals surface area (Å²) in [4.78, 5) is 13.5. The molecule has 0 saturated carbocycles. The van der Waals surface area contributed by atoms with Gasteiger partial charge in [-0.3, -0.25) is 4.79 Å². The number of nitrogens with one attached hydrogen (secondary N) is 1. The first-order valence-electron chi connectivity index (χ1n) is 8.66. The smallest absolute Gasteiger partial charge is 0.271 e. The molecule has 0 aliphatic rings. The summed E-state index contributed by atoms with van der Waals surface area (Å²) >= 11 is 7.33. The van der Waals surface area contributed by atoms with E-state index in [0.29, 0.717) is 52.7 Å². The first-order valence-corrected chi connectivity index (χ1v) is 9.86. The van der Waals surface area contributed by atoms with E-state index in [-0.39, 0.29) is 5.91 Å². The molecule has 1 aromatic heterocycles. The van der Waals surface area contributed by atoms with Crippen molar-refractivity contribution >= 4 is 34.6 Å². The third-order valence-corrected chi connectivity index (χ3v) is 4.77. The Labute approximate surface area is 168 Å². The van der Waals surface area contributed by atoms with Crippen LogP contribution in [0.1, 0.15) is 42.9 Å². The van der Waals surface area contributed by atoms with E-state index in [1.165, 1.54) is 11.3 Å². The molecule has 0 aliphatic carbocycles. The zero-order chi connectivity index (χ0) is 19.8. The Morgan fingerprint density at radius 1 is 1.07 bits per heavy atom. The number of nitrogens with zero attached hydrogens (tertiary/aromatic N) is 1. The third kappa shape index (κ3) is 5.61. The summed E-state index contributed by atoms with van der Waals surface area (Å²) in [6.45, 7) is 8.74. The molecule has 1 aromatic carbocycles. The highest BCUT2D eigenvalue weighted by atomic mass is 35.5. The molecule has 0 atom stereocenters. The largest absolute Gasteiger partial charge is 0.490 e. The van der Waals surface area contributed by atoms with E-state index in [9.17, 15) is 4.79 Å². The van der Waals surface area contributed by atoms with Crippen LogP contribution in [0.5, 0.6) is 17.2 Å². The number of thiophene rings is 1. The molecule has 0 unspecified atom stereocenters. The van der Waals surface area contributed by atoms with Crippen molar-refractivity contribution in [3.63, 3.8) is 0 Å². The lowest BCUT2D eigenvalue weighted by Crippen LogP contribution is -2.19. The summed E-state index contributed by atoms with van der Waals surface area (Å²) < 4.78 is 17.6. The topological polar surface area (TPSA) is 69.2 Å². The van der Waals surface area contributed by atoms with Crippen LogP contribution in [-0.4, -0.2) is 31.4 Å². The van der Waals surface area contributed by atoms with Gasteiger partial charge >= 0.3 is 0 Å². The Morgan fingerprint density at radius 2 is 1.67 bits per heavy atom. The lowest BCUT2D eigenvalue weighted by Gasteiger charge is -2.16. The summed E-state index contributed by atoms with van der Waals surface area (Å²) in [6, 6.07) is 6.89. The number of amides is 1. The molecule has 0 spiro atoms. The first kappa shape index (κ1) is 21.1. The molecule has 0 bridgehead atoms. The van der Waals surface area contributed by atoms with Crippen LogP contribution in [-0.2, 0) is 0 Å². The second kappa shape index (κ2) is 10.2. The third-order valence-electron chi connectivity index (χ3n) is 3.43. The SMILES string of the molecule is CCOc1cc(C(=O)NN=C(C)c2ccc(Cl)s2)cc(OCC)c1OCC. The van der Waals surface area contributed by atoms with Crippen molar-refractivity contribution in [1.29, 1.82) is 0 Å². The maximum atomic E-state index is 12.6. The predicted octanol–water partition coefficient (Wildman–Crippen LogP) is 4.75. The minimum absolute atomic E-state index is 0.367. The van der Waals surface area contributed by atoms with Gasteiger partial charge in [0.25, 0.3) is 5.91 Å². The molecule has 0 radical (unpaired) electrons. The summed E-state index contributed by atoms with van der Waals surface area (Å²) in [7, 11) is 0. The van der Waals surface area contributed by atoms with E-state index in [2.05, 4.69) is 10.5 Å². The van der Waals surface area contributed by atoms with Gasteiger partial charge in [0.15, 0.2) is 11.5 Å². The van der Waals surface area contributed by atoms with Gasteiger partial charge < -0.3 is 14.2 Å². The van der Waals surface area contributed by atoms with Crippen LogP contribution >= 0.6 is 22.9 Å². The summed E-state index contributed by atoms with van der Waals surface area (Å²) in [6.07, 6.45) is 0. The number of carbonyl (C=O) groups excluding carboxylic acids is 1. The molecular formula is C19H23ClN2O4S. The molecule has 2 aromatic rings. The highest BCUT2D eigenvalue weighted by Gasteiger charge is 2.18. The highest BCUT2D eigenvalue weighted by molar-refractivity contribution is 7.18. The van der Waals surface area contributed by atoms with Crippen molar-refractivity contribution < 1.29 is 19.0 Å². The molecule has 0 saturated heterocycles. The molecule has 0 fully saturated rings. The lowest BCUT2D eigenvalue weighted by molar-refractivity contribution is 0.0953. The number of hydrazone groups is 1. The average molecular weight is 411 g/mol. The van der Waals surface area contributed by atoms with Crippen molar-refractivity contribution in [3.05, 3.63) is 39.0 Å². The van der Waals surface area contributed by atoms with Crippen LogP contribution in [0.25, 0.3) is 0 Å². The Kier molecular flexibility index (Phi) is 7.94. The van der Waals surface area contributed by atoms with Gasteiger partial charge in [0.05, 0.1) is 34.7 Å². The maximum Gasteiger partial charge on any atom is 0.271 e. The van der Waals surface area contributed by atoms with Crippen molar-refractivity contribution in [3.8, 4) is 17.2 Å². The van der Waals surface area contributed by atoms with Gasteiger partial charge in [0.2, 0.25) is 5.75 Å². The number of carbonyl (C=O) groups is 1. The maximum absolute atomic E-state index is 12.6. The van der Waals surface area contributed by atoms with E-state index in [0.717, 1.165) is 4.88 Å². The van der Waals surface area contributed by atoms with Crippen molar-refractivity contribution in [2.24, 2.45) is 5.10 Å². The van der Waals surface area contributed by atoms with Crippen LogP contribution in [0, 0.1) is 0 Å². The van der Waals surface area contributed by atoms with Gasteiger partial charge in [0, 0.05) is 5.56 Å². The molecule has 0 aliphatic heterocycles. The molecular weight excluding hydrogens is 388 g/mol. The van der Waals surface area contributed by atoms with Crippen LogP contribution in [0.4, 0.5) is 0 Å². The number of hydrogen-bond acceptors (Lipinski definition) is 6. The Morgan fingerprint density at radius 3 is 2.15 bits per heavy atom. The molecule has 1 N–H and O–H groups in total. The normalized spacial score (nSPS) is 11.2. The number of rotatable bonds is 9. The van der Waals surface area contributed by atoms with Crippen molar-refractivity contribution in [1.82, 2.24) is 5.43 Å². The van der Waals surface area contributed by atoms with E-state index in [4.69, 9.17) is 25.8 Å². The molecule has 27 heavy (non-hydrogen) atoms. The molecule has 6 nitrogen and oxygen atoms in total. The fourth-order valence-electron chi connectivity index (χ4n) is 2.28. The Hall–Kier alpha value is -2.25. The van der Waals surface area contributed by atoms with Crippen molar-refractivity contribution in [2.75, 3.05) is 19.8 Å². The Balaban J connectivity index is 2.28. The van der Waals surface area contributed by atoms with Crippen LogP contribution in [0.2, 0.25) is 4.34 Å². The van der Waals surface area contributed by atoms with Crippen LogP contribution < -0.4 is 19.6 Å². The van der Waals surface area contributed by atoms with E-state index < -0.39 is 0 Å². The van der Waals surface area contributed by atoms with Crippen LogP contribution in [0.3, 0.4) is 0 Å². The van der Waals surface area contributed by atoms with Gasteiger partial charge in [-0.15, -0.1) is 11.3 Å². The zero-order valence-corrected chi connectivity index (χ0v) is 17.4. The number of ether oxygens (including phenoxy) is 3. The van der Waals surface area contributed by atoms with Gasteiger partial charge in [-0.2, -0.15) is 5.10 Å². The molecule has 1 amide bonds.